The lowest BCUT2D eigenvalue weighted by molar-refractivity contribution is -0.137. The lowest BCUT2D eigenvalue weighted by Gasteiger charge is -2.09. The van der Waals surface area contributed by atoms with Gasteiger partial charge in [0.2, 0.25) is 5.91 Å². The van der Waals surface area contributed by atoms with Crippen molar-refractivity contribution in [2.75, 3.05) is 11.1 Å². The van der Waals surface area contributed by atoms with Crippen LogP contribution in [0.25, 0.3) is 0 Å². The predicted molar refractivity (Wildman–Crippen MR) is 87.8 cm³/mol. The van der Waals surface area contributed by atoms with E-state index in [-0.39, 0.29) is 17.9 Å². The number of nitrogens with one attached hydrogen (secondary N) is 1. The molecule has 2 aromatic rings. The zero-order valence-electron chi connectivity index (χ0n) is 13.0. The smallest absolute Gasteiger partial charge is 0.326 e. The summed E-state index contributed by atoms with van der Waals surface area (Å²) in [4.78, 5) is 11.8. The molecule has 2 rings (SSSR count). The van der Waals surface area contributed by atoms with E-state index in [0.717, 1.165) is 12.1 Å². The molecule has 25 heavy (non-hydrogen) atoms. The van der Waals surface area contributed by atoms with Crippen LogP contribution in [0, 0.1) is 5.82 Å². The Hall–Kier alpha value is -2.22. The van der Waals surface area contributed by atoms with Gasteiger partial charge >= 0.3 is 6.18 Å². The first-order chi connectivity index (χ1) is 11.7. The summed E-state index contributed by atoms with van der Waals surface area (Å²) in [6, 6.07) is 9.81. The summed E-state index contributed by atoms with van der Waals surface area (Å²) in [5.74, 6) is -0.874. The van der Waals surface area contributed by atoms with Crippen molar-refractivity contribution < 1.29 is 26.6 Å². The van der Waals surface area contributed by atoms with Gasteiger partial charge in [-0.05, 0) is 35.9 Å². The summed E-state index contributed by atoms with van der Waals surface area (Å²) in [6.45, 7) is 0. The molecular formula is C17H15F4NO2S. The summed E-state index contributed by atoms with van der Waals surface area (Å²) in [5.41, 5.74) is -0.0850. The van der Waals surface area contributed by atoms with E-state index in [0.29, 0.717) is 11.3 Å². The number of carbonyl (C=O) groups excluding carboxylic acids is 1. The number of rotatable bonds is 6. The highest BCUT2D eigenvalue weighted by Gasteiger charge is 2.30. The number of carbonyl (C=O) groups is 1. The quantitative estimate of drug-likeness (QED) is 0.775. The van der Waals surface area contributed by atoms with E-state index in [2.05, 4.69) is 5.32 Å². The molecule has 0 aliphatic rings. The minimum Gasteiger partial charge on any atom is -0.326 e. The van der Waals surface area contributed by atoms with Crippen LogP contribution < -0.4 is 5.32 Å². The van der Waals surface area contributed by atoms with E-state index >= 15 is 0 Å². The maximum Gasteiger partial charge on any atom is 0.416 e. The predicted octanol–water partition coefficient (Wildman–Crippen LogP) is 4.12. The normalized spacial score (nSPS) is 12.6. The highest BCUT2D eigenvalue weighted by molar-refractivity contribution is 7.84. The maximum atomic E-state index is 12.8. The van der Waals surface area contributed by atoms with Crippen molar-refractivity contribution in [1.29, 1.82) is 0 Å². The molecule has 134 valence electrons. The monoisotopic (exact) mass is 373 g/mol. The molecule has 1 amide bonds. The van der Waals surface area contributed by atoms with Crippen molar-refractivity contribution in [1.82, 2.24) is 0 Å². The van der Waals surface area contributed by atoms with Crippen LogP contribution in [0.3, 0.4) is 0 Å². The minimum atomic E-state index is -4.45. The third-order valence-corrected chi connectivity index (χ3v) is 4.58. The van der Waals surface area contributed by atoms with Crippen molar-refractivity contribution in [2.24, 2.45) is 0 Å². The Kier molecular flexibility index (Phi) is 6.30. The van der Waals surface area contributed by atoms with Crippen molar-refractivity contribution in [3.63, 3.8) is 0 Å². The van der Waals surface area contributed by atoms with Gasteiger partial charge in [-0.3, -0.25) is 9.00 Å². The zero-order chi connectivity index (χ0) is 18.4. The Morgan fingerprint density at radius 3 is 2.40 bits per heavy atom. The van der Waals surface area contributed by atoms with Gasteiger partial charge in [-0.25, -0.2) is 4.39 Å². The van der Waals surface area contributed by atoms with E-state index in [1.807, 2.05) is 0 Å². The summed E-state index contributed by atoms with van der Waals surface area (Å²) < 4.78 is 62.7. The van der Waals surface area contributed by atoms with E-state index in [4.69, 9.17) is 0 Å². The molecule has 0 fully saturated rings. The molecule has 8 heteroatoms. The van der Waals surface area contributed by atoms with Crippen LogP contribution in [0.15, 0.2) is 48.5 Å². The molecule has 0 aliphatic heterocycles. The number of alkyl halides is 3. The third-order valence-electron chi connectivity index (χ3n) is 3.27. The third kappa shape index (κ3) is 6.30. The van der Waals surface area contributed by atoms with Gasteiger partial charge in [-0.2, -0.15) is 13.2 Å². The second kappa shape index (κ2) is 8.24. The molecular weight excluding hydrogens is 358 g/mol. The summed E-state index contributed by atoms with van der Waals surface area (Å²) in [5, 5.41) is 2.53. The molecule has 0 aliphatic carbocycles. The number of hydrogen-bond acceptors (Lipinski definition) is 2. The van der Waals surface area contributed by atoms with Gasteiger partial charge in [0.05, 0.1) is 5.56 Å². The zero-order valence-corrected chi connectivity index (χ0v) is 13.8. The van der Waals surface area contributed by atoms with Crippen molar-refractivity contribution in [3.05, 3.63) is 65.5 Å². The molecule has 3 nitrogen and oxygen atoms in total. The van der Waals surface area contributed by atoms with Gasteiger partial charge in [0.15, 0.2) is 0 Å². The second-order valence-corrected chi connectivity index (χ2v) is 6.87. The van der Waals surface area contributed by atoms with E-state index < -0.39 is 34.3 Å². The van der Waals surface area contributed by atoms with E-state index in [1.165, 1.54) is 36.4 Å². The second-order valence-electron chi connectivity index (χ2n) is 5.29. The molecule has 0 aromatic heterocycles. The Morgan fingerprint density at radius 2 is 1.76 bits per heavy atom. The van der Waals surface area contributed by atoms with Gasteiger partial charge < -0.3 is 5.32 Å². The fourth-order valence-corrected chi connectivity index (χ4v) is 3.17. The van der Waals surface area contributed by atoms with Crippen LogP contribution in [0.4, 0.5) is 23.2 Å². The molecule has 1 atom stereocenters. The number of hydrogen-bond donors (Lipinski definition) is 1. The fourth-order valence-electron chi connectivity index (χ4n) is 2.06. The molecule has 0 heterocycles. The number of halogens is 4. The largest absolute Gasteiger partial charge is 0.416 e. The van der Waals surface area contributed by atoms with E-state index in [9.17, 15) is 26.6 Å². The molecule has 0 spiro atoms. The maximum absolute atomic E-state index is 12.8. The van der Waals surface area contributed by atoms with Crippen LogP contribution >= 0.6 is 0 Å². The van der Waals surface area contributed by atoms with Crippen LogP contribution in [0.5, 0.6) is 0 Å². The molecule has 0 bridgehead atoms. The van der Waals surface area contributed by atoms with Gasteiger partial charge in [0.1, 0.15) is 5.82 Å². The van der Waals surface area contributed by atoms with Crippen LogP contribution in [-0.4, -0.2) is 15.9 Å². The molecule has 0 saturated heterocycles. The Balaban J connectivity index is 1.84. The molecule has 1 N–H and O–H groups in total. The van der Waals surface area contributed by atoms with Gasteiger partial charge in [0, 0.05) is 34.4 Å². The fraction of sp³-hybridized carbons (Fsp3) is 0.235. The van der Waals surface area contributed by atoms with Crippen LogP contribution in [0.1, 0.15) is 17.5 Å². The van der Waals surface area contributed by atoms with Crippen LogP contribution in [0.2, 0.25) is 0 Å². The number of benzene rings is 2. The first-order valence-electron chi connectivity index (χ1n) is 7.30. The van der Waals surface area contributed by atoms with Crippen LogP contribution in [-0.2, 0) is 27.5 Å². The van der Waals surface area contributed by atoms with Crippen molar-refractivity contribution >= 4 is 22.4 Å². The summed E-state index contributed by atoms with van der Waals surface area (Å²) >= 11 is 0. The lowest BCUT2D eigenvalue weighted by atomic mass is 10.1. The first-order valence-corrected chi connectivity index (χ1v) is 8.79. The lowest BCUT2D eigenvalue weighted by Crippen LogP contribution is -2.15. The van der Waals surface area contributed by atoms with Crippen molar-refractivity contribution in [2.45, 2.75) is 18.3 Å². The highest BCUT2D eigenvalue weighted by Crippen LogP contribution is 2.29. The Bertz CT molecular complexity index is 760. The summed E-state index contributed by atoms with van der Waals surface area (Å²) in [6.07, 6.45) is -4.50. The molecule has 0 radical (unpaired) electrons. The molecule has 2 aromatic carbocycles. The number of anilines is 1. The van der Waals surface area contributed by atoms with E-state index in [1.54, 1.807) is 0 Å². The average Bonchev–Trinajstić information content (AvgIpc) is 2.55. The van der Waals surface area contributed by atoms with Gasteiger partial charge in [-0.1, -0.05) is 18.2 Å². The Labute approximate surface area is 144 Å². The standard InChI is InChI=1S/C17H15F4NO2S/c18-14-4-6-15(7-5-14)22-16(23)8-9-25(24)11-12-2-1-3-13(10-12)17(19,20)21/h1-7,10H,8-9,11H2,(H,22,23). The average molecular weight is 373 g/mol. The van der Waals surface area contributed by atoms with Gasteiger partial charge in [-0.15, -0.1) is 0 Å². The van der Waals surface area contributed by atoms with Gasteiger partial charge in [0.25, 0.3) is 0 Å². The first kappa shape index (κ1) is 19.1. The molecule has 1 unspecified atom stereocenters. The topological polar surface area (TPSA) is 46.2 Å². The van der Waals surface area contributed by atoms with Crippen molar-refractivity contribution in [3.8, 4) is 0 Å². The molecule has 0 saturated carbocycles. The highest BCUT2D eigenvalue weighted by atomic mass is 32.2. The minimum absolute atomic E-state index is 0.0171. The SMILES string of the molecule is O=C(CCS(=O)Cc1cccc(C(F)(F)F)c1)Nc1ccc(F)cc1. The Morgan fingerprint density at radius 1 is 1.08 bits per heavy atom. The summed E-state index contributed by atoms with van der Waals surface area (Å²) in [7, 11) is -1.48. The number of amides is 1.